The van der Waals surface area contributed by atoms with Crippen molar-refractivity contribution in [2.45, 2.75) is 26.3 Å². The first-order chi connectivity index (χ1) is 8.25. The largest absolute Gasteiger partial charge is 0.350 e. The highest BCUT2D eigenvalue weighted by Crippen LogP contribution is 2.11. The average molecular weight is 234 g/mol. The molecule has 0 unspecified atom stereocenters. The number of hydrogen-bond acceptors (Lipinski definition) is 4. The van der Waals surface area contributed by atoms with Crippen LogP contribution in [0.1, 0.15) is 24.4 Å². The third kappa shape index (κ3) is 3.49. The molecule has 17 heavy (non-hydrogen) atoms. The normalized spacial score (nSPS) is 16.8. The van der Waals surface area contributed by atoms with E-state index in [0.717, 1.165) is 37.4 Å². The number of nitrogens with one attached hydrogen (secondary N) is 2. The fourth-order valence-electron chi connectivity index (χ4n) is 2.01. The summed E-state index contributed by atoms with van der Waals surface area (Å²) in [6.07, 6.45) is 3.57. The van der Waals surface area contributed by atoms with E-state index >= 15 is 0 Å². The fraction of sp³-hybridized carbons (Fsp3) is 0.583. The summed E-state index contributed by atoms with van der Waals surface area (Å²) in [5, 5.41) is 6.19. The minimum Gasteiger partial charge on any atom is -0.350 e. The van der Waals surface area contributed by atoms with E-state index in [-0.39, 0.29) is 11.8 Å². The molecule has 1 amide bonds. The van der Waals surface area contributed by atoms with Crippen molar-refractivity contribution < 1.29 is 4.79 Å². The minimum atomic E-state index is 0.141. The number of nitrogens with zero attached hydrogens (tertiary/aromatic N) is 2. The third-order valence-corrected chi connectivity index (χ3v) is 2.99. The molecule has 92 valence electrons. The van der Waals surface area contributed by atoms with Crippen LogP contribution in [0.15, 0.2) is 12.3 Å². The number of piperidine rings is 1. The Labute approximate surface area is 101 Å². The van der Waals surface area contributed by atoms with Gasteiger partial charge in [0, 0.05) is 12.1 Å². The van der Waals surface area contributed by atoms with E-state index < -0.39 is 0 Å². The Kier molecular flexibility index (Phi) is 4.03. The maximum Gasteiger partial charge on any atom is 0.223 e. The van der Waals surface area contributed by atoms with E-state index in [4.69, 9.17) is 0 Å². The summed E-state index contributed by atoms with van der Waals surface area (Å²) in [4.78, 5) is 20.2. The van der Waals surface area contributed by atoms with Gasteiger partial charge in [0.25, 0.3) is 0 Å². The van der Waals surface area contributed by atoms with Crippen molar-refractivity contribution in [2.75, 3.05) is 13.1 Å². The Bertz CT molecular complexity index is 388. The van der Waals surface area contributed by atoms with Crippen molar-refractivity contribution in [3.05, 3.63) is 23.8 Å². The van der Waals surface area contributed by atoms with E-state index in [0.29, 0.717) is 6.54 Å². The van der Waals surface area contributed by atoms with Crippen LogP contribution in [-0.2, 0) is 11.3 Å². The number of aromatic nitrogens is 2. The van der Waals surface area contributed by atoms with Gasteiger partial charge in [-0.3, -0.25) is 4.79 Å². The van der Waals surface area contributed by atoms with Crippen LogP contribution in [0, 0.1) is 12.8 Å². The summed E-state index contributed by atoms with van der Waals surface area (Å²) < 4.78 is 0. The van der Waals surface area contributed by atoms with Crippen LogP contribution in [0.3, 0.4) is 0 Å². The quantitative estimate of drug-likeness (QED) is 0.794. The van der Waals surface area contributed by atoms with Crippen molar-refractivity contribution in [3.63, 3.8) is 0 Å². The molecule has 1 fully saturated rings. The lowest BCUT2D eigenvalue weighted by Gasteiger charge is -2.21. The molecule has 1 aromatic heterocycles. The molecule has 1 aromatic rings. The molecule has 2 N–H and O–H groups in total. The van der Waals surface area contributed by atoms with Gasteiger partial charge >= 0.3 is 0 Å². The van der Waals surface area contributed by atoms with Gasteiger partial charge in [-0.25, -0.2) is 9.97 Å². The van der Waals surface area contributed by atoms with Gasteiger partial charge in [-0.05, 0) is 38.9 Å². The van der Waals surface area contributed by atoms with Crippen molar-refractivity contribution in [2.24, 2.45) is 5.92 Å². The highest BCUT2D eigenvalue weighted by atomic mass is 16.1. The van der Waals surface area contributed by atoms with Gasteiger partial charge in [-0.1, -0.05) is 0 Å². The summed E-state index contributed by atoms with van der Waals surface area (Å²) in [7, 11) is 0. The van der Waals surface area contributed by atoms with Crippen molar-refractivity contribution >= 4 is 5.91 Å². The fourth-order valence-corrected chi connectivity index (χ4v) is 2.01. The summed E-state index contributed by atoms with van der Waals surface area (Å²) in [6, 6.07) is 1.83. The van der Waals surface area contributed by atoms with Crippen LogP contribution in [0.5, 0.6) is 0 Å². The molecule has 0 aliphatic carbocycles. The molecule has 5 nitrogen and oxygen atoms in total. The molecular weight excluding hydrogens is 216 g/mol. The van der Waals surface area contributed by atoms with Crippen molar-refractivity contribution in [3.8, 4) is 0 Å². The second-order valence-electron chi connectivity index (χ2n) is 4.34. The molecule has 1 aliphatic heterocycles. The third-order valence-electron chi connectivity index (χ3n) is 2.99. The number of carbonyl (C=O) groups excluding carboxylic acids is 1. The lowest BCUT2D eigenvalue weighted by Crippen LogP contribution is -2.38. The Morgan fingerprint density at radius 2 is 2.29 bits per heavy atom. The second-order valence-corrected chi connectivity index (χ2v) is 4.34. The highest BCUT2D eigenvalue weighted by Gasteiger charge is 2.20. The Morgan fingerprint density at radius 1 is 1.53 bits per heavy atom. The molecule has 5 heteroatoms. The van der Waals surface area contributed by atoms with Gasteiger partial charge in [-0.2, -0.15) is 0 Å². The van der Waals surface area contributed by atoms with Gasteiger partial charge < -0.3 is 10.6 Å². The number of rotatable bonds is 3. The van der Waals surface area contributed by atoms with Crippen LogP contribution < -0.4 is 10.6 Å². The SMILES string of the molecule is Cc1nccc(CNC(=O)C2CCNCC2)n1. The monoisotopic (exact) mass is 234 g/mol. The molecule has 0 spiro atoms. The predicted octanol–water partition coefficient (Wildman–Crippen LogP) is 0.401. The maximum absolute atomic E-state index is 11.9. The van der Waals surface area contributed by atoms with Crippen LogP contribution in [0.4, 0.5) is 0 Å². The maximum atomic E-state index is 11.9. The zero-order chi connectivity index (χ0) is 12.1. The summed E-state index contributed by atoms with van der Waals surface area (Å²) in [5.41, 5.74) is 0.861. The molecule has 2 rings (SSSR count). The molecule has 1 saturated heterocycles. The molecule has 0 aromatic carbocycles. The van der Waals surface area contributed by atoms with Crippen LogP contribution in [0.2, 0.25) is 0 Å². The van der Waals surface area contributed by atoms with E-state index in [2.05, 4.69) is 20.6 Å². The van der Waals surface area contributed by atoms with E-state index in [1.807, 2.05) is 13.0 Å². The van der Waals surface area contributed by atoms with Gasteiger partial charge in [0.15, 0.2) is 0 Å². The van der Waals surface area contributed by atoms with Crippen molar-refractivity contribution in [1.82, 2.24) is 20.6 Å². The van der Waals surface area contributed by atoms with Crippen LogP contribution >= 0.6 is 0 Å². The van der Waals surface area contributed by atoms with E-state index in [1.54, 1.807) is 6.20 Å². The lowest BCUT2D eigenvalue weighted by atomic mass is 9.97. The second kappa shape index (κ2) is 5.72. The number of amides is 1. The summed E-state index contributed by atoms with van der Waals surface area (Å²) in [5.74, 6) is 1.03. The molecule has 0 saturated carbocycles. The zero-order valence-electron chi connectivity index (χ0n) is 10.1. The van der Waals surface area contributed by atoms with Crippen LogP contribution in [-0.4, -0.2) is 29.0 Å². The number of carbonyl (C=O) groups is 1. The molecule has 0 bridgehead atoms. The Balaban J connectivity index is 1.83. The zero-order valence-corrected chi connectivity index (χ0v) is 10.1. The highest BCUT2D eigenvalue weighted by molar-refractivity contribution is 5.78. The predicted molar refractivity (Wildman–Crippen MR) is 64.2 cm³/mol. The molecule has 0 atom stereocenters. The van der Waals surface area contributed by atoms with Crippen molar-refractivity contribution in [1.29, 1.82) is 0 Å². The number of hydrogen-bond donors (Lipinski definition) is 2. The molecule has 0 radical (unpaired) electrons. The average Bonchev–Trinajstić information content (AvgIpc) is 2.37. The van der Waals surface area contributed by atoms with Gasteiger partial charge in [0.2, 0.25) is 5.91 Å². The van der Waals surface area contributed by atoms with E-state index in [9.17, 15) is 4.79 Å². The summed E-state index contributed by atoms with van der Waals surface area (Å²) >= 11 is 0. The standard InChI is InChI=1S/C12H18N4O/c1-9-14-7-4-11(16-9)8-15-12(17)10-2-5-13-6-3-10/h4,7,10,13H,2-3,5-6,8H2,1H3,(H,15,17). The van der Waals surface area contributed by atoms with Gasteiger partial charge in [0.1, 0.15) is 5.82 Å². The minimum absolute atomic E-state index is 0.141. The first-order valence-electron chi connectivity index (χ1n) is 6.02. The van der Waals surface area contributed by atoms with Crippen LogP contribution in [0.25, 0.3) is 0 Å². The Hall–Kier alpha value is -1.49. The first-order valence-corrected chi connectivity index (χ1v) is 6.02. The van der Waals surface area contributed by atoms with Gasteiger partial charge in [-0.15, -0.1) is 0 Å². The topological polar surface area (TPSA) is 66.9 Å². The molecule has 1 aliphatic rings. The number of aryl methyl sites for hydroxylation is 1. The smallest absolute Gasteiger partial charge is 0.223 e. The Morgan fingerprint density at radius 3 is 3.00 bits per heavy atom. The summed E-state index contributed by atoms with van der Waals surface area (Å²) in [6.45, 7) is 4.21. The lowest BCUT2D eigenvalue weighted by molar-refractivity contribution is -0.125. The molecular formula is C12H18N4O. The van der Waals surface area contributed by atoms with E-state index in [1.165, 1.54) is 0 Å². The molecule has 2 heterocycles. The first kappa shape index (κ1) is 12.0. The van der Waals surface area contributed by atoms with Gasteiger partial charge in [0.05, 0.1) is 12.2 Å².